The lowest BCUT2D eigenvalue weighted by Gasteiger charge is -2.35. The second-order valence-electron chi connectivity index (χ2n) is 5.52. The van der Waals surface area contributed by atoms with E-state index in [1.807, 2.05) is 24.3 Å². The van der Waals surface area contributed by atoms with Gasteiger partial charge < -0.3 is 10.0 Å². The van der Waals surface area contributed by atoms with Gasteiger partial charge in [0.1, 0.15) is 6.33 Å². The van der Waals surface area contributed by atoms with Gasteiger partial charge in [-0.05, 0) is 12.5 Å². The van der Waals surface area contributed by atoms with Crippen LogP contribution in [0.15, 0.2) is 30.6 Å². The van der Waals surface area contributed by atoms with Gasteiger partial charge in [-0.15, -0.1) is 0 Å². The summed E-state index contributed by atoms with van der Waals surface area (Å²) in [5, 5.41) is 17.1. The number of hydrogen-bond acceptors (Lipinski definition) is 5. The number of rotatable bonds is 4. The summed E-state index contributed by atoms with van der Waals surface area (Å²) in [6, 6.07) is 8.09. The highest BCUT2D eigenvalue weighted by atomic mass is 16.3. The molecule has 1 fully saturated rings. The Kier molecular flexibility index (Phi) is 4.17. The maximum absolute atomic E-state index is 10.3. The average Bonchev–Trinajstić information content (AvgIpc) is 3.03. The maximum Gasteiger partial charge on any atom is 0.221 e. The van der Waals surface area contributed by atoms with E-state index in [0.29, 0.717) is 6.54 Å². The Morgan fingerprint density at radius 3 is 2.52 bits per heavy atom. The molecule has 0 radical (unpaired) electrons. The number of anilines is 1. The van der Waals surface area contributed by atoms with Gasteiger partial charge in [0.05, 0.1) is 6.10 Å². The van der Waals surface area contributed by atoms with E-state index in [2.05, 4.69) is 31.9 Å². The smallest absolute Gasteiger partial charge is 0.221 e. The molecule has 0 amide bonds. The van der Waals surface area contributed by atoms with E-state index in [0.717, 1.165) is 37.7 Å². The summed E-state index contributed by atoms with van der Waals surface area (Å²) in [5.74, 6) is 0.828. The minimum atomic E-state index is -0.428. The fourth-order valence-corrected chi connectivity index (χ4v) is 2.63. The van der Waals surface area contributed by atoms with Gasteiger partial charge in [-0.2, -0.15) is 10.1 Å². The third-order valence-electron chi connectivity index (χ3n) is 3.97. The van der Waals surface area contributed by atoms with Crippen LogP contribution in [-0.4, -0.2) is 57.9 Å². The third-order valence-corrected chi connectivity index (χ3v) is 3.97. The van der Waals surface area contributed by atoms with E-state index < -0.39 is 6.10 Å². The first-order valence-corrected chi connectivity index (χ1v) is 7.29. The number of nitrogens with zero attached hydrogens (tertiary/aromatic N) is 4. The molecule has 1 aliphatic rings. The van der Waals surface area contributed by atoms with Crippen LogP contribution in [0.5, 0.6) is 0 Å². The van der Waals surface area contributed by atoms with Gasteiger partial charge in [0.25, 0.3) is 0 Å². The molecule has 1 unspecified atom stereocenters. The second kappa shape index (κ2) is 6.24. The average molecular weight is 287 g/mol. The van der Waals surface area contributed by atoms with Gasteiger partial charge in [-0.1, -0.05) is 29.8 Å². The number of aliphatic hydroxyl groups excluding tert-OH is 1. The number of nitrogens with one attached hydrogen (secondary N) is 1. The number of β-amino-alcohol motifs (C(OH)–C–C–N with tert-alkyl or cyclic N) is 1. The van der Waals surface area contributed by atoms with Crippen LogP contribution in [0.25, 0.3) is 0 Å². The third kappa shape index (κ3) is 3.40. The van der Waals surface area contributed by atoms with Gasteiger partial charge in [-0.25, -0.2) is 5.10 Å². The molecule has 112 valence electrons. The SMILES string of the molecule is Cc1ccc(C(O)CN2CCN(c3ncn[nH]3)CC2)cc1. The van der Waals surface area contributed by atoms with E-state index in [4.69, 9.17) is 0 Å². The van der Waals surface area contributed by atoms with Crippen molar-refractivity contribution in [2.45, 2.75) is 13.0 Å². The fraction of sp³-hybridized carbons (Fsp3) is 0.467. The molecule has 2 N–H and O–H groups in total. The van der Waals surface area contributed by atoms with Crippen molar-refractivity contribution in [2.75, 3.05) is 37.6 Å². The Morgan fingerprint density at radius 2 is 1.90 bits per heavy atom. The molecular weight excluding hydrogens is 266 g/mol. The molecule has 0 bridgehead atoms. The van der Waals surface area contributed by atoms with Crippen LogP contribution in [0.3, 0.4) is 0 Å². The molecular formula is C15H21N5O. The van der Waals surface area contributed by atoms with Gasteiger partial charge in [-0.3, -0.25) is 4.90 Å². The number of hydrogen-bond donors (Lipinski definition) is 2. The number of aromatic amines is 1. The molecule has 1 aromatic carbocycles. The molecule has 2 heterocycles. The zero-order chi connectivity index (χ0) is 14.7. The van der Waals surface area contributed by atoms with Crippen LogP contribution in [-0.2, 0) is 0 Å². The summed E-state index contributed by atoms with van der Waals surface area (Å²) in [6.45, 7) is 6.37. The Labute approximate surface area is 124 Å². The van der Waals surface area contributed by atoms with Crippen molar-refractivity contribution in [1.29, 1.82) is 0 Å². The highest BCUT2D eigenvalue weighted by Gasteiger charge is 2.21. The van der Waals surface area contributed by atoms with Crippen LogP contribution in [0.2, 0.25) is 0 Å². The van der Waals surface area contributed by atoms with Crippen LogP contribution in [0, 0.1) is 6.92 Å². The van der Waals surface area contributed by atoms with Crippen molar-refractivity contribution in [3.05, 3.63) is 41.7 Å². The van der Waals surface area contributed by atoms with Crippen LogP contribution < -0.4 is 4.90 Å². The molecule has 0 aliphatic carbocycles. The van der Waals surface area contributed by atoms with E-state index in [9.17, 15) is 5.11 Å². The summed E-state index contributed by atoms with van der Waals surface area (Å²) in [4.78, 5) is 8.64. The summed E-state index contributed by atoms with van der Waals surface area (Å²) < 4.78 is 0. The standard InChI is InChI=1S/C15H21N5O/c1-12-2-4-13(5-3-12)14(21)10-19-6-8-20(9-7-19)15-16-11-17-18-15/h2-5,11,14,21H,6-10H2,1H3,(H,16,17,18). The lowest BCUT2D eigenvalue weighted by atomic mass is 10.1. The minimum absolute atomic E-state index is 0.428. The second-order valence-corrected chi connectivity index (χ2v) is 5.52. The maximum atomic E-state index is 10.3. The molecule has 1 aliphatic heterocycles. The van der Waals surface area contributed by atoms with Crippen molar-refractivity contribution >= 4 is 5.95 Å². The molecule has 1 aromatic heterocycles. The normalized spacial score (nSPS) is 17.9. The Hall–Kier alpha value is -1.92. The highest BCUT2D eigenvalue weighted by Crippen LogP contribution is 2.17. The van der Waals surface area contributed by atoms with Crippen LogP contribution >= 0.6 is 0 Å². The number of benzene rings is 1. The van der Waals surface area contributed by atoms with Gasteiger partial charge in [0.15, 0.2) is 0 Å². The largest absolute Gasteiger partial charge is 0.387 e. The molecule has 0 saturated carbocycles. The van der Waals surface area contributed by atoms with Gasteiger partial charge >= 0.3 is 0 Å². The van der Waals surface area contributed by atoms with Gasteiger partial charge in [0, 0.05) is 32.7 Å². The predicted molar refractivity (Wildman–Crippen MR) is 81.2 cm³/mol. The first-order chi connectivity index (χ1) is 10.2. The van der Waals surface area contributed by atoms with Gasteiger partial charge in [0.2, 0.25) is 5.95 Å². The first-order valence-electron chi connectivity index (χ1n) is 7.29. The zero-order valence-corrected chi connectivity index (χ0v) is 12.2. The first kappa shape index (κ1) is 14.0. The quantitative estimate of drug-likeness (QED) is 0.877. The van der Waals surface area contributed by atoms with Crippen LogP contribution in [0.4, 0.5) is 5.95 Å². The number of aryl methyl sites for hydroxylation is 1. The lowest BCUT2D eigenvalue weighted by molar-refractivity contribution is 0.109. The van der Waals surface area contributed by atoms with Crippen LogP contribution in [0.1, 0.15) is 17.2 Å². The Balaban J connectivity index is 1.52. The molecule has 6 heteroatoms. The van der Waals surface area contributed by atoms with E-state index in [1.54, 1.807) is 0 Å². The zero-order valence-electron chi connectivity index (χ0n) is 12.2. The highest BCUT2D eigenvalue weighted by molar-refractivity contribution is 5.28. The fourth-order valence-electron chi connectivity index (χ4n) is 2.63. The molecule has 1 atom stereocenters. The van der Waals surface area contributed by atoms with Crippen molar-refractivity contribution in [3.63, 3.8) is 0 Å². The molecule has 1 saturated heterocycles. The van der Waals surface area contributed by atoms with Crippen molar-refractivity contribution in [2.24, 2.45) is 0 Å². The molecule has 6 nitrogen and oxygen atoms in total. The monoisotopic (exact) mass is 287 g/mol. The predicted octanol–water partition coefficient (Wildman–Crippen LogP) is 0.969. The Morgan fingerprint density at radius 1 is 1.19 bits per heavy atom. The van der Waals surface area contributed by atoms with E-state index in [1.165, 1.54) is 11.9 Å². The number of H-pyrrole nitrogens is 1. The Bertz CT molecular complexity index is 546. The minimum Gasteiger partial charge on any atom is -0.387 e. The molecule has 3 rings (SSSR count). The summed E-state index contributed by atoms with van der Waals surface area (Å²) in [5.41, 5.74) is 2.20. The molecule has 21 heavy (non-hydrogen) atoms. The van der Waals surface area contributed by atoms with E-state index in [-0.39, 0.29) is 0 Å². The molecule has 2 aromatic rings. The topological polar surface area (TPSA) is 68.3 Å². The number of aromatic nitrogens is 3. The molecule has 0 spiro atoms. The number of aliphatic hydroxyl groups is 1. The van der Waals surface area contributed by atoms with E-state index >= 15 is 0 Å². The van der Waals surface area contributed by atoms with Crippen molar-refractivity contribution < 1.29 is 5.11 Å². The van der Waals surface area contributed by atoms with Crippen molar-refractivity contribution in [3.8, 4) is 0 Å². The summed E-state index contributed by atoms with van der Waals surface area (Å²) in [7, 11) is 0. The summed E-state index contributed by atoms with van der Waals surface area (Å²) in [6.07, 6.45) is 1.10. The summed E-state index contributed by atoms with van der Waals surface area (Å²) >= 11 is 0. The lowest BCUT2D eigenvalue weighted by Crippen LogP contribution is -2.47. The van der Waals surface area contributed by atoms with Crippen molar-refractivity contribution in [1.82, 2.24) is 20.1 Å². The number of piperazine rings is 1.